The van der Waals surface area contributed by atoms with Crippen molar-refractivity contribution >= 4 is 56.5 Å². The quantitative estimate of drug-likeness (QED) is 0.485. The van der Waals surface area contributed by atoms with E-state index in [0.29, 0.717) is 22.5 Å². The molecule has 0 aromatic rings. The predicted octanol–water partition coefficient (Wildman–Crippen LogP) is -1.26. The van der Waals surface area contributed by atoms with Crippen LogP contribution in [0.5, 0.6) is 0 Å². The van der Waals surface area contributed by atoms with Gasteiger partial charge in [0.05, 0.1) is 0 Å². The fourth-order valence-electron chi connectivity index (χ4n) is 0. The molecule has 0 aromatic carbocycles. The largest absolute Gasteiger partial charge is 0 e. The molecular formula is FeMgOSiSn. The Balaban J connectivity index is -0.00000000167. The van der Waals surface area contributed by atoms with Gasteiger partial charge in [0.25, 0.3) is 0 Å². The number of hydrogen-bond donors (Lipinski definition) is 0. The van der Waals surface area contributed by atoms with Crippen LogP contribution in [0.4, 0.5) is 0 Å². The summed E-state index contributed by atoms with van der Waals surface area (Å²) in [5, 5.41) is 0. The zero-order valence-corrected chi connectivity index (χ0v) is 8.84. The van der Waals surface area contributed by atoms with Gasteiger partial charge in [0.2, 0.25) is 0 Å². The van der Waals surface area contributed by atoms with Crippen molar-refractivity contribution in [2.24, 2.45) is 0 Å². The van der Waals surface area contributed by atoms with E-state index >= 15 is 0 Å². The van der Waals surface area contributed by atoms with Crippen molar-refractivity contribution in [2.75, 3.05) is 0 Å². The minimum absolute atomic E-state index is 0. The van der Waals surface area contributed by atoms with Crippen LogP contribution >= 0.6 is 0 Å². The Morgan fingerprint density at radius 1 is 1.20 bits per heavy atom. The van der Waals surface area contributed by atoms with Gasteiger partial charge in [0, 0.05) is 51.1 Å². The predicted molar refractivity (Wildman–Crippen MR) is 17.9 cm³/mol. The van der Waals surface area contributed by atoms with E-state index in [1.165, 1.54) is 0 Å². The van der Waals surface area contributed by atoms with Crippen molar-refractivity contribution in [3.8, 4) is 0 Å². The van der Waals surface area contributed by atoms with E-state index in [1.54, 1.807) is 0 Å². The fourth-order valence-corrected chi connectivity index (χ4v) is 0. The Bertz CT molecular complexity index is 11.6. The monoisotopic (exact) mass is 244 g/mol. The van der Waals surface area contributed by atoms with Gasteiger partial charge in [-0.25, -0.2) is 0 Å². The summed E-state index contributed by atoms with van der Waals surface area (Å²) in [6, 6.07) is 0. The molecule has 0 saturated carbocycles. The molecule has 0 unspecified atom stereocenters. The Kier molecular flexibility index (Phi) is 198. The van der Waals surface area contributed by atoms with Gasteiger partial charge >= 0.3 is 25.6 Å². The van der Waals surface area contributed by atoms with Crippen molar-refractivity contribution in [2.45, 2.75) is 0 Å². The maximum atomic E-state index is 8.34. The van der Waals surface area contributed by atoms with Gasteiger partial charge in [-0.1, -0.05) is 0 Å². The van der Waals surface area contributed by atoms with Crippen LogP contribution in [0, 0.1) is 0 Å². The van der Waals surface area contributed by atoms with Crippen LogP contribution in [0.15, 0.2) is 0 Å². The molecule has 0 heterocycles. The summed E-state index contributed by atoms with van der Waals surface area (Å²) in [6.45, 7) is 0. The van der Waals surface area contributed by atoms with E-state index in [2.05, 4.69) is 0 Å². The summed E-state index contributed by atoms with van der Waals surface area (Å²) in [5.41, 5.74) is 0. The molecule has 24 valence electrons. The average Bonchev–Trinajstić information content (AvgIpc) is 1.00. The molecule has 0 rings (SSSR count). The van der Waals surface area contributed by atoms with Crippen LogP contribution in [0.1, 0.15) is 0 Å². The summed E-state index contributed by atoms with van der Waals surface area (Å²) in [6.07, 6.45) is 0. The maximum Gasteiger partial charge on any atom is 0 e. The van der Waals surface area contributed by atoms with Gasteiger partial charge in [-0.15, -0.1) is 0 Å². The van der Waals surface area contributed by atoms with E-state index in [9.17, 15) is 0 Å². The summed E-state index contributed by atoms with van der Waals surface area (Å²) >= 11 is 0.300. The second-order valence-corrected chi connectivity index (χ2v) is 0. The van der Waals surface area contributed by atoms with E-state index in [0.717, 1.165) is 0 Å². The van der Waals surface area contributed by atoms with E-state index in [-0.39, 0.29) is 51.1 Å². The molecule has 0 N–H and O–H groups in total. The van der Waals surface area contributed by atoms with Crippen LogP contribution in [-0.2, 0) is 20.1 Å². The Morgan fingerprint density at radius 3 is 1.20 bits per heavy atom. The smallest absolute Gasteiger partial charge is 0 e. The summed E-state index contributed by atoms with van der Waals surface area (Å²) in [4.78, 5) is 0. The van der Waals surface area contributed by atoms with Crippen LogP contribution < -0.4 is 0 Å². The summed E-state index contributed by atoms with van der Waals surface area (Å²) < 4.78 is 8.34. The fraction of sp³-hybridized carbons (Fsp3) is 0. The van der Waals surface area contributed by atoms with E-state index in [4.69, 9.17) is 3.08 Å². The molecule has 0 spiro atoms. The third-order valence-electron chi connectivity index (χ3n) is 0. The van der Waals surface area contributed by atoms with Crippen molar-refractivity contribution in [3.05, 3.63) is 0 Å². The molecule has 0 aliphatic rings. The normalized spacial score (nSPS) is 0.800. The number of rotatable bonds is 0. The minimum Gasteiger partial charge on any atom is 0 e. The molecule has 0 aliphatic heterocycles. The Morgan fingerprint density at radius 2 is 1.20 bits per heavy atom. The first-order chi connectivity index (χ1) is 1.00. The molecule has 0 atom stereocenters. The second-order valence-electron chi connectivity index (χ2n) is 0. The van der Waals surface area contributed by atoms with Gasteiger partial charge in [0.1, 0.15) is 0 Å². The van der Waals surface area contributed by atoms with Gasteiger partial charge < -0.3 is 0 Å². The molecule has 0 fully saturated rings. The third-order valence-corrected chi connectivity index (χ3v) is 0. The molecule has 8 radical (unpaired) electrons. The summed E-state index contributed by atoms with van der Waals surface area (Å²) in [5.74, 6) is 0. The van der Waals surface area contributed by atoms with Crippen LogP contribution in [0.25, 0.3) is 0 Å². The van der Waals surface area contributed by atoms with Gasteiger partial charge in [0.15, 0.2) is 0 Å². The van der Waals surface area contributed by atoms with Gasteiger partial charge in [-0.05, 0) is 0 Å². The van der Waals surface area contributed by atoms with Gasteiger partial charge in [-0.3, -0.25) is 0 Å². The van der Waals surface area contributed by atoms with E-state index < -0.39 is 0 Å². The minimum atomic E-state index is 0. The molecule has 5 heavy (non-hydrogen) atoms. The van der Waals surface area contributed by atoms with Gasteiger partial charge in [-0.2, -0.15) is 0 Å². The molecular weight excluding hydrogens is 243 g/mol. The SMILES string of the molecule is [Fe].[Mg].[O]=[Sn].[Si]. The molecule has 0 saturated heterocycles. The first-order valence-corrected chi connectivity index (χ1v) is 1.37. The van der Waals surface area contributed by atoms with Crippen molar-refractivity contribution < 1.29 is 20.1 Å². The topological polar surface area (TPSA) is 17.1 Å². The first-order valence-electron chi connectivity index (χ1n) is 0.204. The molecule has 0 bridgehead atoms. The van der Waals surface area contributed by atoms with Crippen molar-refractivity contribution in [1.29, 1.82) is 0 Å². The Hall–Kier alpha value is 2.10. The van der Waals surface area contributed by atoms with Crippen LogP contribution in [0.2, 0.25) is 0 Å². The average molecular weight is 243 g/mol. The Labute approximate surface area is 75.8 Å². The molecule has 5 heteroatoms. The van der Waals surface area contributed by atoms with Crippen LogP contribution in [-0.4, -0.2) is 56.5 Å². The van der Waals surface area contributed by atoms with E-state index in [1.807, 2.05) is 0 Å². The van der Waals surface area contributed by atoms with Crippen molar-refractivity contribution in [1.82, 2.24) is 0 Å². The number of hydrogen-bond acceptors (Lipinski definition) is 1. The zero-order chi connectivity index (χ0) is 2.00. The standard InChI is InChI=1S/Fe.Mg.O.Si.Sn. The molecule has 0 amide bonds. The summed E-state index contributed by atoms with van der Waals surface area (Å²) in [7, 11) is 0. The maximum absolute atomic E-state index is 8.34. The molecule has 0 aromatic heterocycles. The van der Waals surface area contributed by atoms with Crippen molar-refractivity contribution in [3.63, 3.8) is 0 Å². The third kappa shape index (κ3) is 23.2. The first kappa shape index (κ1) is 27.5. The second kappa shape index (κ2) is 36.0. The molecule has 1 nitrogen and oxygen atoms in total. The van der Waals surface area contributed by atoms with Crippen LogP contribution in [0.3, 0.4) is 0 Å². The molecule has 0 aliphatic carbocycles. The zero-order valence-electron chi connectivity index (χ0n) is 2.47.